The molecule has 1 atom stereocenters. The number of carbonyl (C=O) groups is 1. The summed E-state index contributed by atoms with van der Waals surface area (Å²) in [7, 11) is 1.80. The van der Waals surface area contributed by atoms with Crippen molar-refractivity contribution in [3.8, 4) is 11.5 Å². The Labute approximate surface area is 193 Å². The summed E-state index contributed by atoms with van der Waals surface area (Å²) in [5.41, 5.74) is 1.90. The van der Waals surface area contributed by atoms with Crippen LogP contribution in [0.15, 0.2) is 52.4 Å². The van der Waals surface area contributed by atoms with Crippen molar-refractivity contribution in [3.63, 3.8) is 0 Å². The van der Waals surface area contributed by atoms with Crippen molar-refractivity contribution in [2.45, 2.75) is 23.2 Å². The van der Waals surface area contributed by atoms with Gasteiger partial charge in [0.1, 0.15) is 19.0 Å². The average molecular weight is 470 g/mol. The molecule has 32 heavy (non-hydrogen) atoms. The number of amides is 1. The van der Waals surface area contributed by atoms with E-state index in [4.69, 9.17) is 21.1 Å². The third kappa shape index (κ3) is 3.84. The maximum Gasteiger partial charge on any atom is 0.279 e. The minimum Gasteiger partial charge on any atom is -0.486 e. The Hall–Kier alpha value is -2.97. The fraction of sp³-hybridized carbons (Fsp3) is 0.261. The highest BCUT2D eigenvalue weighted by Crippen LogP contribution is 2.40. The van der Waals surface area contributed by atoms with Crippen LogP contribution in [0.2, 0.25) is 5.02 Å². The molecule has 1 amide bonds. The van der Waals surface area contributed by atoms with Crippen LogP contribution in [0.1, 0.15) is 29.0 Å². The number of benzene rings is 2. The van der Waals surface area contributed by atoms with Crippen LogP contribution in [-0.4, -0.2) is 28.7 Å². The number of hydrogen-bond acceptors (Lipinski definition) is 6. The molecule has 1 aromatic heterocycles. The molecular formula is C23H20ClN3O4S. The van der Waals surface area contributed by atoms with Crippen molar-refractivity contribution in [1.29, 1.82) is 0 Å². The Balaban J connectivity index is 1.51. The van der Waals surface area contributed by atoms with Crippen LogP contribution in [0, 0.1) is 0 Å². The van der Waals surface area contributed by atoms with Crippen LogP contribution in [0.25, 0.3) is 0 Å². The molecule has 3 heterocycles. The molecule has 0 aliphatic carbocycles. The molecule has 0 spiro atoms. The van der Waals surface area contributed by atoms with Crippen molar-refractivity contribution >= 4 is 35.1 Å². The number of carbonyl (C=O) groups excluding carboxylic acids is 1. The predicted molar refractivity (Wildman–Crippen MR) is 123 cm³/mol. The molecule has 2 aliphatic rings. The van der Waals surface area contributed by atoms with Crippen LogP contribution >= 0.6 is 23.4 Å². The van der Waals surface area contributed by atoms with Crippen LogP contribution in [0.5, 0.6) is 11.5 Å². The lowest BCUT2D eigenvalue weighted by Gasteiger charge is -2.28. The van der Waals surface area contributed by atoms with Gasteiger partial charge in [0.05, 0.1) is 5.56 Å². The number of aromatic nitrogens is 2. The van der Waals surface area contributed by atoms with Crippen molar-refractivity contribution in [2.75, 3.05) is 18.5 Å². The van der Waals surface area contributed by atoms with Crippen LogP contribution in [0.3, 0.4) is 0 Å². The summed E-state index contributed by atoms with van der Waals surface area (Å²) in [4.78, 5) is 30.0. The zero-order valence-electron chi connectivity index (χ0n) is 17.3. The number of rotatable bonds is 4. The van der Waals surface area contributed by atoms with E-state index in [1.54, 1.807) is 11.6 Å². The van der Waals surface area contributed by atoms with Gasteiger partial charge in [0, 0.05) is 30.2 Å². The monoisotopic (exact) mass is 469 g/mol. The first-order valence-corrected chi connectivity index (χ1v) is 11.5. The SMILES string of the molecule is Cn1c(SCc2ccccc2Cl)nc(=O)c2c1NC(=O)CC2c1ccc2c(c1)OCCO2. The topological polar surface area (TPSA) is 82.5 Å². The molecule has 1 N–H and O–H groups in total. The summed E-state index contributed by atoms with van der Waals surface area (Å²) in [6.45, 7) is 0.966. The standard InChI is InChI=1S/C23H20ClN3O4S/c1-27-21-20(22(29)26-23(27)32-12-14-4-2-3-5-16(14)24)15(11-19(28)25-21)13-6-7-17-18(10-13)31-9-8-30-17/h2-7,10,15H,8-9,11-12H2,1H3,(H,25,28). The Bertz CT molecular complexity index is 1280. The zero-order chi connectivity index (χ0) is 22.2. The van der Waals surface area contributed by atoms with Gasteiger partial charge in [-0.05, 0) is 29.3 Å². The number of halogens is 1. The van der Waals surface area contributed by atoms with Crippen LogP contribution in [-0.2, 0) is 17.6 Å². The highest BCUT2D eigenvalue weighted by molar-refractivity contribution is 7.98. The van der Waals surface area contributed by atoms with Gasteiger partial charge in [0.2, 0.25) is 5.91 Å². The molecule has 5 rings (SSSR count). The largest absolute Gasteiger partial charge is 0.486 e. The van der Waals surface area contributed by atoms with Crippen molar-refractivity contribution in [2.24, 2.45) is 7.05 Å². The van der Waals surface area contributed by atoms with E-state index in [1.807, 2.05) is 42.5 Å². The molecule has 0 saturated heterocycles. The number of ether oxygens (including phenoxy) is 2. The third-order valence-corrected chi connectivity index (χ3v) is 7.03. The van der Waals surface area contributed by atoms with Gasteiger partial charge in [-0.1, -0.05) is 47.6 Å². The summed E-state index contributed by atoms with van der Waals surface area (Å²) in [6, 6.07) is 13.1. The van der Waals surface area contributed by atoms with Crippen molar-refractivity contribution < 1.29 is 14.3 Å². The first kappa shape index (κ1) is 20.9. The van der Waals surface area contributed by atoms with E-state index in [9.17, 15) is 9.59 Å². The van der Waals surface area contributed by atoms with E-state index in [1.165, 1.54) is 11.8 Å². The van der Waals surface area contributed by atoms with Gasteiger partial charge in [-0.2, -0.15) is 4.98 Å². The lowest BCUT2D eigenvalue weighted by atomic mass is 9.86. The second kappa shape index (κ2) is 8.52. The second-order valence-electron chi connectivity index (χ2n) is 7.61. The van der Waals surface area contributed by atoms with Crippen molar-refractivity contribution in [3.05, 3.63) is 74.5 Å². The van der Waals surface area contributed by atoms with Gasteiger partial charge in [-0.15, -0.1) is 0 Å². The normalized spacial score (nSPS) is 16.9. The van der Waals surface area contributed by atoms with Gasteiger partial charge in [-0.3, -0.25) is 9.59 Å². The van der Waals surface area contributed by atoms with E-state index in [2.05, 4.69) is 10.3 Å². The van der Waals surface area contributed by atoms with E-state index in [-0.39, 0.29) is 17.9 Å². The van der Waals surface area contributed by atoms with E-state index in [0.717, 1.165) is 11.1 Å². The highest BCUT2D eigenvalue weighted by atomic mass is 35.5. The van der Waals surface area contributed by atoms with Crippen LogP contribution in [0.4, 0.5) is 5.82 Å². The number of hydrogen-bond donors (Lipinski definition) is 1. The Morgan fingerprint density at radius 3 is 2.75 bits per heavy atom. The highest BCUT2D eigenvalue weighted by Gasteiger charge is 2.33. The van der Waals surface area contributed by atoms with Gasteiger partial charge < -0.3 is 19.4 Å². The summed E-state index contributed by atoms with van der Waals surface area (Å²) in [5.74, 6) is 1.75. The maximum absolute atomic E-state index is 13.1. The summed E-state index contributed by atoms with van der Waals surface area (Å²) >= 11 is 7.65. The lowest BCUT2D eigenvalue weighted by Crippen LogP contribution is -2.33. The molecule has 2 aliphatic heterocycles. The molecule has 0 radical (unpaired) electrons. The van der Waals surface area contributed by atoms with Gasteiger partial charge in [-0.25, -0.2) is 0 Å². The number of fused-ring (bicyclic) bond motifs is 2. The molecule has 2 aromatic carbocycles. The Kier molecular flexibility index (Phi) is 5.57. The zero-order valence-corrected chi connectivity index (χ0v) is 18.8. The van der Waals surface area contributed by atoms with E-state index >= 15 is 0 Å². The molecule has 0 fully saturated rings. The molecule has 9 heteroatoms. The Morgan fingerprint density at radius 2 is 1.94 bits per heavy atom. The molecule has 0 saturated carbocycles. The summed E-state index contributed by atoms with van der Waals surface area (Å²) in [6.07, 6.45) is 0.162. The number of nitrogens with zero attached hydrogens (tertiary/aromatic N) is 2. The van der Waals surface area contributed by atoms with Crippen molar-refractivity contribution in [1.82, 2.24) is 9.55 Å². The third-order valence-electron chi connectivity index (χ3n) is 5.58. The second-order valence-corrected chi connectivity index (χ2v) is 8.96. The molecule has 7 nitrogen and oxygen atoms in total. The molecule has 164 valence electrons. The fourth-order valence-corrected chi connectivity index (χ4v) is 5.23. The minimum absolute atomic E-state index is 0.152. The smallest absolute Gasteiger partial charge is 0.279 e. The van der Waals surface area contributed by atoms with Gasteiger partial charge in [0.15, 0.2) is 16.7 Å². The Morgan fingerprint density at radius 1 is 1.16 bits per heavy atom. The van der Waals surface area contributed by atoms with Gasteiger partial charge >= 0.3 is 0 Å². The van der Waals surface area contributed by atoms with E-state index in [0.29, 0.717) is 52.0 Å². The predicted octanol–water partition coefficient (Wildman–Crippen LogP) is 3.97. The number of anilines is 1. The van der Waals surface area contributed by atoms with E-state index < -0.39 is 5.92 Å². The molecule has 0 bridgehead atoms. The summed E-state index contributed by atoms with van der Waals surface area (Å²) in [5, 5.41) is 4.04. The summed E-state index contributed by atoms with van der Waals surface area (Å²) < 4.78 is 13.0. The maximum atomic E-state index is 13.1. The quantitative estimate of drug-likeness (QED) is 0.460. The average Bonchev–Trinajstić information content (AvgIpc) is 2.80. The number of thioether (sulfide) groups is 1. The van der Waals surface area contributed by atoms with Crippen LogP contribution < -0.4 is 20.3 Å². The molecule has 3 aromatic rings. The first-order chi connectivity index (χ1) is 15.5. The lowest BCUT2D eigenvalue weighted by molar-refractivity contribution is -0.116. The molecule has 1 unspecified atom stereocenters. The fourth-order valence-electron chi connectivity index (χ4n) is 3.98. The van der Waals surface area contributed by atoms with Gasteiger partial charge in [0.25, 0.3) is 5.56 Å². The minimum atomic E-state index is -0.414. The molecular weight excluding hydrogens is 450 g/mol. The number of nitrogens with one attached hydrogen (secondary N) is 1. The first-order valence-electron chi connectivity index (χ1n) is 10.2.